The van der Waals surface area contributed by atoms with Crippen LogP contribution in [-0.4, -0.2) is 23.8 Å². The van der Waals surface area contributed by atoms with Gasteiger partial charge < -0.3 is 5.21 Å². The number of Topliss-reactive ketones (excluding diaryl/α,β-unsaturated/α-hetero) is 1. The van der Waals surface area contributed by atoms with E-state index in [1.807, 2.05) is 6.07 Å². The summed E-state index contributed by atoms with van der Waals surface area (Å²) in [6, 6.07) is 8.67. The summed E-state index contributed by atoms with van der Waals surface area (Å²) in [5.41, 5.74) is 0.528. The SMILES string of the molecule is C/[N+]([O-])=C\C(=O)c1ccccc1. The van der Waals surface area contributed by atoms with Crippen molar-refractivity contribution in [1.29, 1.82) is 0 Å². The summed E-state index contributed by atoms with van der Waals surface area (Å²) < 4.78 is 0.495. The summed E-state index contributed by atoms with van der Waals surface area (Å²) in [7, 11) is 1.28. The highest BCUT2D eigenvalue weighted by atomic mass is 16.5. The molecule has 0 aliphatic carbocycles. The van der Waals surface area contributed by atoms with Crippen LogP contribution in [0, 0.1) is 5.21 Å². The van der Waals surface area contributed by atoms with Crippen LogP contribution in [0.4, 0.5) is 0 Å². The second-order valence-corrected chi connectivity index (χ2v) is 2.41. The Balaban J connectivity index is 2.87. The van der Waals surface area contributed by atoms with Gasteiger partial charge in [0, 0.05) is 5.56 Å². The summed E-state index contributed by atoms with van der Waals surface area (Å²) in [4.78, 5) is 11.2. The maximum absolute atomic E-state index is 11.2. The Labute approximate surface area is 70.5 Å². The number of hydroxylamine groups is 1. The van der Waals surface area contributed by atoms with Gasteiger partial charge in [-0.15, -0.1) is 0 Å². The normalized spacial score (nSPS) is 11.2. The van der Waals surface area contributed by atoms with Crippen molar-refractivity contribution in [2.75, 3.05) is 7.05 Å². The monoisotopic (exact) mass is 163 g/mol. The van der Waals surface area contributed by atoms with Crippen LogP contribution in [-0.2, 0) is 0 Å². The van der Waals surface area contributed by atoms with Crippen LogP contribution in [0.15, 0.2) is 30.3 Å². The fraction of sp³-hybridized carbons (Fsp3) is 0.111. The van der Waals surface area contributed by atoms with E-state index in [1.54, 1.807) is 24.3 Å². The number of ketones is 1. The van der Waals surface area contributed by atoms with Crippen molar-refractivity contribution in [2.45, 2.75) is 0 Å². The molecule has 12 heavy (non-hydrogen) atoms. The first-order valence-corrected chi connectivity index (χ1v) is 3.54. The second kappa shape index (κ2) is 3.67. The molecule has 0 aromatic heterocycles. The van der Waals surface area contributed by atoms with Gasteiger partial charge in [0.25, 0.3) is 0 Å². The van der Waals surface area contributed by atoms with Gasteiger partial charge in [-0.1, -0.05) is 30.3 Å². The number of carbonyl (C=O) groups is 1. The third-order valence-corrected chi connectivity index (χ3v) is 1.36. The molecule has 0 saturated carbocycles. The summed E-state index contributed by atoms with van der Waals surface area (Å²) in [6.45, 7) is 0. The molecule has 0 bridgehead atoms. The van der Waals surface area contributed by atoms with E-state index in [4.69, 9.17) is 0 Å². The van der Waals surface area contributed by atoms with Crippen molar-refractivity contribution in [3.63, 3.8) is 0 Å². The maximum Gasteiger partial charge on any atom is 0.249 e. The van der Waals surface area contributed by atoms with Gasteiger partial charge in [0.15, 0.2) is 0 Å². The fourth-order valence-electron chi connectivity index (χ4n) is 0.842. The quantitative estimate of drug-likeness (QED) is 0.215. The summed E-state index contributed by atoms with van der Waals surface area (Å²) in [5, 5.41) is 10.5. The van der Waals surface area contributed by atoms with Gasteiger partial charge in [0.05, 0.1) is 0 Å². The zero-order chi connectivity index (χ0) is 8.97. The zero-order valence-corrected chi connectivity index (χ0v) is 6.73. The maximum atomic E-state index is 11.2. The fourth-order valence-corrected chi connectivity index (χ4v) is 0.842. The molecule has 1 aromatic rings. The minimum atomic E-state index is -0.270. The zero-order valence-electron chi connectivity index (χ0n) is 6.73. The molecule has 0 radical (unpaired) electrons. The molecule has 0 amide bonds. The van der Waals surface area contributed by atoms with Gasteiger partial charge in [-0.2, -0.15) is 0 Å². The third-order valence-electron chi connectivity index (χ3n) is 1.36. The second-order valence-electron chi connectivity index (χ2n) is 2.41. The molecule has 1 rings (SSSR count). The van der Waals surface area contributed by atoms with Crippen molar-refractivity contribution >= 4 is 12.0 Å². The standard InChI is InChI=1S/C9H9NO2/c1-10(12)7-9(11)8-5-3-2-4-6-8/h2-7H,1H3/b10-7+. The van der Waals surface area contributed by atoms with E-state index in [-0.39, 0.29) is 5.78 Å². The van der Waals surface area contributed by atoms with Crippen molar-refractivity contribution in [3.05, 3.63) is 41.1 Å². The highest BCUT2D eigenvalue weighted by molar-refractivity contribution is 6.33. The molecule has 0 unspecified atom stereocenters. The largest absolute Gasteiger partial charge is 0.624 e. The Kier molecular flexibility index (Phi) is 2.58. The minimum absolute atomic E-state index is 0.270. The first-order valence-electron chi connectivity index (χ1n) is 3.54. The highest BCUT2D eigenvalue weighted by Crippen LogP contribution is 1.97. The van der Waals surface area contributed by atoms with Crippen LogP contribution in [0.2, 0.25) is 0 Å². The molecule has 0 fully saturated rings. The van der Waals surface area contributed by atoms with Gasteiger partial charge in [-0.05, 0) is 0 Å². The molecule has 3 heteroatoms. The molecule has 0 N–H and O–H groups in total. The third kappa shape index (κ3) is 2.20. The Morgan fingerprint density at radius 2 is 2.00 bits per heavy atom. The first kappa shape index (κ1) is 8.46. The molecule has 1 aromatic carbocycles. The lowest BCUT2D eigenvalue weighted by Crippen LogP contribution is -2.08. The lowest BCUT2D eigenvalue weighted by Gasteiger charge is -1.94. The van der Waals surface area contributed by atoms with Crippen molar-refractivity contribution in [2.24, 2.45) is 0 Å². The molecule has 0 saturated heterocycles. The van der Waals surface area contributed by atoms with Crippen LogP contribution in [0.25, 0.3) is 0 Å². The number of hydrogen-bond donors (Lipinski definition) is 0. The topological polar surface area (TPSA) is 43.1 Å². The van der Waals surface area contributed by atoms with Crippen molar-refractivity contribution in [3.8, 4) is 0 Å². The van der Waals surface area contributed by atoms with E-state index in [1.165, 1.54) is 7.05 Å². The summed E-state index contributed by atoms with van der Waals surface area (Å²) in [5.74, 6) is -0.270. The van der Waals surface area contributed by atoms with Gasteiger partial charge in [-0.3, -0.25) is 4.79 Å². The van der Waals surface area contributed by atoms with E-state index in [2.05, 4.69) is 0 Å². The first-order chi connectivity index (χ1) is 5.70. The number of hydrogen-bond acceptors (Lipinski definition) is 2. The van der Waals surface area contributed by atoms with Crippen molar-refractivity contribution < 1.29 is 9.53 Å². The smallest absolute Gasteiger partial charge is 0.249 e. The molecule has 0 aliphatic heterocycles. The molecule has 62 valence electrons. The van der Waals surface area contributed by atoms with Crippen molar-refractivity contribution in [1.82, 2.24) is 0 Å². The van der Waals surface area contributed by atoms with E-state index in [0.29, 0.717) is 10.3 Å². The van der Waals surface area contributed by atoms with E-state index in [9.17, 15) is 10.0 Å². The molecular weight excluding hydrogens is 154 g/mol. The van der Waals surface area contributed by atoms with Crippen LogP contribution in [0.3, 0.4) is 0 Å². The van der Waals surface area contributed by atoms with Crippen LogP contribution < -0.4 is 0 Å². The Bertz CT molecular complexity index is 300. The number of nitrogens with zero attached hydrogens (tertiary/aromatic N) is 1. The molecule has 0 spiro atoms. The molecule has 3 nitrogen and oxygen atoms in total. The van der Waals surface area contributed by atoms with Gasteiger partial charge in [0.1, 0.15) is 7.05 Å². The molecule has 0 aliphatic rings. The predicted molar refractivity (Wildman–Crippen MR) is 46.4 cm³/mol. The average molecular weight is 163 g/mol. The Hall–Kier alpha value is -1.64. The summed E-state index contributed by atoms with van der Waals surface area (Å²) in [6.07, 6.45) is 1.01. The number of rotatable bonds is 2. The number of benzene rings is 1. The van der Waals surface area contributed by atoms with E-state index >= 15 is 0 Å². The Morgan fingerprint density at radius 1 is 1.42 bits per heavy atom. The average Bonchev–Trinajstić information content (AvgIpc) is 2.05. The lowest BCUT2D eigenvalue weighted by atomic mass is 10.1. The lowest BCUT2D eigenvalue weighted by molar-refractivity contribution is -0.416. The van der Waals surface area contributed by atoms with Crippen LogP contribution in [0.5, 0.6) is 0 Å². The molecule has 0 atom stereocenters. The van der Waals surface area contributed by atoms with E-state index < -0.39 is 0 Å². The van der Waals surface area contributed by atoms with Crippen LogP contribution in [0.1, 0.15) is 10.4 Å². The van der Waals surface area contributed by atoms with Gasteiger partial charge in [0.2, 0.25) is 12.0 Å². The highest BCUT2D eigenvalue weighted by Gasteiger charge is 2.03. The summed E-state index contributed by atoms with van der Waals surface area (Å²) >= 11 is 0. The van der Waals surface area contributed by atoms with Gasteiger partial charge >= 0.3 is 0 Å². The van der Waals surface area contributed by atoms with E-state index in [0.717, 1.165) is 6.21 Å². The minimum Gasteiger partial charge on any atom is -0.624 e. The predicted octanol–water partition coefficient (Wildman–Crippen LogP) is 1.08. The molecular formula is C9H9NO2. The van der Waals surface area contributed by atoms with Crippen LogP contribution >= 0.6 is 0 Å². The Morgan fingerprint density at radius 3 is 2.50 bits per heavy atom. The van der Waals surface area contributed by atoms with Gasteiger partial charge in [-0.25, -0.2) is 4.74 Å². The molecule has 0 heterocycles. The number of carbonyl (C=O) groups excluding carboxylic acids is 1.